The van der Waals surface area contributed by atoms with E-state index in [1.54, 1.807) is 42.9 Å². The third kappa shape index (κ3) is 7.15. The van der Waals surface area contributed by atoms with Crippen molar-refractivity contribution in [3.63, 3.8) is 0 Å². The summed E-state index contributed by atoms with van der Waals surface area (Å²) in [5.41, 5.74) is 5.31. The van der Waals surface area contributed by atoms with Crippen LogP contribution < -0.4 is 0 Å². The average Bonchev–Trinajstić information content (AvgIpc) is 3.91. The SMILES string of the molecule is C[C@H]([C@@H](O)c1ccc(O)cc1)n1ccnc1-c1cnc(CCCCc2ccc3ccc(-c4nccn4CC(O)c4ccccc4)nc3c2)[nH]1. The Labute approximate surface area is 284 Å². The number of benzene rings is 3. The molecule has 0 aliphatic carbocycles. The first kappa shape index (κ1) is 32.0. The van der Waals surface area contributed by atoms with Gasteiger partial charge < -0.3 is 29.4 Å². The van der Waals surface area contributed by atoms with Gasteiger partial charge in [0.2, 0.25) is 0 Å². The largest absolute Gasteiger partial charge is 0.508 e. The number of aromatic hydroxyl groups is 1. The molecule has 3 aromatic carbocycles. The molecule has 4 N–H and O–H groups in total. The van der Waals surface area contributed by atoms with Crippen molar-refractivity contribution in [3.05, 3.63) is 138 Å². The Bertz CT molecular complexity index is 2140. The van der Waals surface area contributed by atoms with E-state index >= 15 is 0 Å². The van der Waals surface area contributed by atoms with Crippen molar-refractivity contribution in [2.24, 2.45) is 0 Å². The maximum atomic E-state index is 11.0. The van der Waals surface area contributed by atoms with Crippen molar-refractivity contribution in [3.8, 4) is 28.8 Å². The highest BCUT2D eigenvalue weighted by molar-refractivity contribution is 5.81. The number of hydrogen-bond acceptors (Lipinski definition) is 7. The van der Waals surface area contributed by atoms with Gasteiger partial charge in [-0.05, 0) is 67.1 Å². The van der Waals surface area contributed by atoms with Crippen LogP contribution in [0.4, 0.5) is 0 Å². The second-order valence-electron chi connectivity index (χ2n) is 12.4. The number of aliphatic hydroxyl groups is 2. The molecule has 10 heteroatoms. The fourth-order valence-corrected chi connectivity index (χ4v) is 6.28. The molecule has 0 aliphatic heterocycles. The number of phenolic OH excluding ortho intramolecular Hbond substituents is 1. The van der Waals surface area contributed by atoms with Crippen LogP contribution in [0.5, 0.6) is 5.75 Å². The topological polar surface area (TPSA) is 138 Å². The van der Waals surface area contributed by atoms with Crippen molar-refractivity contribution < 1.29 is 15.3 Å². The number of imidazole rings is 3. The molecule has 0 amide bonds. The Balaban J connectivity index is 0.962. The number of pyridine rings is 1. The lowest BCUT2D eigenvalue weighted by molar-refractivity contribution is 0.122. The number of phenols is 1. The summed E-state index contributed by atoms with van der Waals surface area (Å²) in [5.74, 6) is 2.50. The minimum Gasteiger partial charge on any atom is -0.508 e. The van der Waals surface area contributed by atoms with Gasteiger partial charge >= 0.3 is 0 Å². The minimum atomic E-state index is -0.769. The molecular formula is C39H39N7O3. The van der Waals surface area contributed by atoms with Crippen LogP contribution in [0.3, 0.4) is 0 Å². The maximum absolute atomic E-state index is 11.0. The van der Waals surface area contributed by atoms with E-state index in [0.717, 1.165) is 70.7 Å². The van der Waals surface area contributed by atoms with Crippen LogP contribution in [0.1, 0.15) is 60.5 Å². The summed E-state index contributed by atoms with van der Waals surface area (Å²) in [4.78, 5) is 22.1. The number of hydrogen-bond donors (Lipinski definition) is 4. The molecule has 0 fully saturated rings. The molecule has 7 aromatic rings. The first-order valence-electron chi connectivity index (χ1n) is 16.6. The van der Waals surface area contributed by atoms with Crippen LogP contribution in [-0.4, -0.2) is 49.4 Å². The highest BCUT2D eigenvalue weighted by Crippen LogP contribution is 2.31. The standard InChI is InChI=1S/C39H39N7O3/c1-26(37(49)30-13-16-31(47)17-14-30)46-22-20-41-39(46)34-24-42-36(44-34)10-6-5-7-27-11-12-28-15-18-32(43-33(28)23-27)38-40-19-21-45(38)25-35(48)29-8-3-2-4-9-29/h2-4,8-9,11-24,26,35,37,47-49H,5-7,10,25H2,1H3,(H,42,44)/t26-,35?,37-/m1/s1. The minimum absolute atomic E-state index is 0.165. The predicted molar refractivity (Wildman–Crippen MR) is 189 cm³/mol. The third-order valence-corrected chi connectivity index (χ3v) is 9.05. The van der Waals surface area contributed by atoms with Gasteiger partial charge in [-0.3, -0.25) is 0 Å². The summed E-state index contributed by atoms with van der Waals surface area (Å²) in [6.07, 6.45) is 11.3. The molecule has 0 spiro atoms. The van der Waals surface area contributed by atoms with E-state index in [4.69, 9.17) is 4.98 Å². The van der Waals surface area contributed by atoms with Gasteiger partial charge in [-0.15, -0.1) is 0 Å². The Morgan fingerprint density at radius 2 is 1.53 bits per heavy atom. The fraction of sp³-hybridized carbons (Fsp3) is 0.231. The average molecular weight is 654 g/mol. The van der Waals surface area contributed by atoms with Crippen molar-refractivity contribution in [1.29, 1.82) is 0 Å². The summed E-state index contributed by atoms with van der Waals surface area (Å²) >= 11 is 0. The first-order valence-corrected chi connectivity index (χ1v) is 16.6. The van der Waals surface area contributed by atoms with Crippen molar-refractivity contribution in [2.75, 3.05) is 0 Å². The number of fused-ring (bicyclic) bond motifs is 1. The zero-order valence-electron chi connectivity index (χ0n) is 27.3. The Morgan fingerprint density at radius 1 is 0.776 bits per heavy atom. The molecule has 248 valence electrons. The fourth-order valence-electron chi connectivity index (χ4n) is 6.28. The van der Waals surface area contributed by atoms with Gasteiger partial charge in [0.15, 0.2) is 11.6 Å². The summed E-state index contributed by atoms with van der Waals surface area (Å²) in [5, 5.41) is 32.4. The number of aromatic amines is 1. The number of nitrogens with one attached hydrogen (secondary N) is 1. The lowest BCUT2D eigenvalue weighted by Crippen LogP contribution is -2.15. The summed E-state index contributed by atoms with van der Waals surface area (Å²) in [7, 11) is 0. The van der Waals surface area contributed by atoms with Gasteiger partial charge in [-0.1, -0.05) is 60.7 Å². The summed E-state index contributed by atoms with van der Waals surface area (Å²) in [6.45, 7) is 2.33. The van der Waals surface area contributed by atoms with E-state index in [2.05, 4.69) is 44.2 Å². The number of rotatable bonds is 13. The Hall–Kier alpha value is -5.58. The molecule has 4 aromatic heterocycles. The van der Waals surface area contributed by atoms with Gasteiger partial charge in [-0.25, -0.2) is 19.9 Å². The van der Waals surface area contributed by atoms with E-state index in [1.165, 1.54) is 5.56 Å². The Morgan fingerprint density at radius 3 is 2.37 bits per heavy atom. The van der Waals surface area contributed by atoms with Gasteiger partial charge in [0.25, 0.3) is 0 Å². The van der Waals surface area contributed by atoms with E-state index in [0.29, 0.717) is 12.4 Å². The van der Waals surface area contributed by atoms with Gasteiger partial charge in [0, 0.05) is 36.6 Å². The number of unbranched alkanes of at least 4 members (excludes halogenated alkanes) is 1. The second kappa shape index (κ2) is 14.3. The molecule has 0 saturated heterocycles. The second-order valence-corrected chi connectivity index (χ2v) is 12.4. The normalized spacial score (nSPS) is 13.4. The van der Waals surface area contributed by atoms with E-state index in [9.17, 15) is 15.3 Å². The van der Waals surface area contributed by atoms with Crippen molar-refractivity contribution >= 4 is 10.9 Å². The predicted octanol–water partition coefficient (Wildman–Crippen LogP) is 6.98. The van der Waals surface area contributed by atoms with Crippen molar-refractivity contribution in [1.82, 2.24) is 34.1 Å². The van der Waals surface area contributed by atoms with Crippen LogP contribution in [0.25, 0.3) is 33.9 Å². The highest BCUT2D eigenvalue weighted by atomic mass is 16.3. The van der Waals surface area contributed by atoms with E-state index < -0.39 is 12.2 Å². The molecule has 7 rings (SSSR count). The van der Waals surface area contributed by atoms with Gasteiger partial charge in [0.05, 0.1) is 36.5 Å². The third-order valence-electron chi connectivity index (χ3n) is 9.05. The monoisotopic (exact) mass is 653 g/mol. The lowest BCUT2D eigenvalue weighted by Gasteiger charge is -2.22. The van der Waals surface area contributed by atoms with Crippen LogP contribution in [0.2, 0.25) is 0 Å². The molecule has 3 atom stereocenters. The lowest BCUT2D eigenvalue weighted by atomic mass is 10.0. The van der Waals surface area contributed by atoms with Crippen molar-refractivity contribution in [2.45, 2.75) is 57.4 Å². The van der Waals surface area contributed by atoms with Crippen LogP contribution in [0, 0.1) is 0 Å². The summed E-state index contributed by atoms with van der Waals surface area (Å²) in [6, 6.07) is 26.5. The van der Waals surface area contributed by atoms with Gasteiger partial charge in [0.1, 0.15) is 23.0 Å². The molecule has 0 saturated carbocycles. The zero-order valence-corrected chi connectivity index (χ0v) is 27.3. The number of aromatic nitrogens is 7. The molecule has 4 heterocycles. The molecule has 10 nitrogen and oxygen atoms in total. The molecule has 1 unspecified atom stereocenters. The van der Waals surface area contributed by atoms with Crippen LogP contribution >= 0.6 is 0 Å². The molecule has 0 bridgehead atoms. The maximum Gasteiger partial charge on any atom is 0.158 e. The number of H-pyrrole nitrogens is 1. The first-order chi connectivity index (χ1) is 23.9. The van der Waals surface area contributed by atoms with Gasteiger partial charge in [-0.2, -0.15) is 0 Å². The molecular weight excluding hydrogens is 614 g/mol. The molecule has 49 heavy (non-hydrogen) atoms. The summed E-state index contributed by atoms with van der Waals surface area (Å²) < 4.78 is 3.89. The number of aliphatic hydroxyl groups excluding tert-OH is 2. The highest BCUT2D eigenvalue weighted by Gasteiger charge is 2.22. The quantitative estimate of drug-likeness (QED) is 0.0985. The number of nitrogens with zero attached hydrogens (tertiary/aromatic N) is 6. The smallest absolute Gasteiger partial charge is 0.158 e. The van der Waals surface area contributed by atoms with E-state index in [1.807, 2.05) is 64.8 Å². The van der Waals surface area contributed by atoms with E-state index in [-0.39, 0.29) is 11.8 Å². The van der Waals surface area contributed by atoms with Crippen LogP contribution in [0.15, 0.2) is 116 Å². The number of aryl methyl sites for hydroxylation is 2. The van der Waals surface area contributed by atoms with Crippen LogP contribution in [-0.2, 0) is 19.4 Å². The Kier molecular flexibility index (Phi) is 9.31. The molecule has 0 aliphatic rings. The zero-order chi connectivity index (χ0) is 33.7. The molecule has 0 radical (unpaired) electrons.